The number of aliphatic hydroxyl groups is 1. The topological polar surface area (TPSA) is 122 Å². The Morgan fingerprint density at radius 3 is 2.36 bits per heavy atom. The molecule has 0 aliphatic rings. The molecular formula is C15H25N3O4. The number of amides is 1. The second-order valence-corrected chi connectivity index (χ2v) is 4.87. The molecule has 22 heavy (non-hydrogen) atoms. The van der Waals surface area contributed by atoms with Gasteiger partial charge in [0.15, 0.2) is 0 Å². The Balaban J connectivity index is 3.80. The van der Waals surface area contributed by atoms with Crippen molar-refractivity contribution in [3.8, 4) is 6.07 Å². The monoisotopic (exact) mass is 311 g/mol. The predicted octanol–water partition coefficient (Wildman–Crippen LogP) is 0.907. The summed E-state index contributed by atoms with van der Waals surface area (Å²) in [5.74, 6) is -1.24. The van der Waals surface area contributed by atoms with E-state index in [9.17, 15) is 9.59 Å². The normalized spacial score (nSPS) is 10.8. The van der Waals surface area contributed by atoms with Crippen molar-refractivity contribution in [3.63, 3.8) is 0 Å². The van der Waals surface area contributed by atoms with Gasteiger partial charge in [0.1, 0.15) is 11.6 Å². The fraction of sp³-hybridized carbons (Fsp3) is 0.667. The van der Waals surface area contributed by atoms with Gasteiger partial charge in [-0.15, -0.1) is 0 Å². The third-order valence-corrected chi connectivity index (χ3v) is 2.94. The van der Waals surface area contributed by atoms with Crippen LogP contribution in [0.1, 0.15) is 44.9 Å². The standard InChI is InChI=1S/C15H25N3O4/c16-11-13(12-17-8-4-2-6-10-19)15(22)18-9-5-1-3-7-14(20)21/h12,17,19H,1-10H2,(H,18,22)(H,20,21)/b13-12-. The summed E-state index contributed by atoms with van der Waals surface area (Å²) in [7, 11) is 0. The third kappa shape index (κ3) is 11.7. The minimum Gasteiger partial charge on any atom is -0.481 e. The molecule has 0 aromatic rings. The van der Waals surface area contributed by atoms with E-state index in [4.69, 9.17) is 15.5 Å². The number of hydrogen-bond acceptors (Lipinski definition) is 5. The molecule has 0 unspecified atom stereocenters. The van der Waals surface area contributed by atoms with Gasteiger partial charge >= 0.3 is 5.97 Å². The lowest BCUT2D eigenvalue weighted by Gasteiger charge is -2.05. The van der Waals surface area contributed by atoms with E-state index in [1.54, 1.807) is 0 Å². The number of carboxylic acids is 1. The molecule has 7 nitrogen and oxygen atoms in total. The highest BCUT2D eigenvalue weighted by molar-refractivity contribution is 5.97. The summed E-state index contributed by atoms with van der Waals surface area (Å²) < 4.78 is 0. The van der Waals surface area contributed by atoms with E-state index in [0.717, 1.165) is 25.7 Å². The van der Waals surface area contributed by atoms with E-state index in [1.807, 2.05) is 6.07 Å². The number of nitriles is 1. The molecule has 4 N–H and O–H groups in total. The summed E-state index contributed by atoms with van der Waals surface area (Å²) in [6.45, 7) is 1.25. The van der Waals surface area contributed by atoms with Gasteiger partial charge in [0.05, 0.1) is 0 Å². The molecule has 0 heterocycles. The molecule has 0 aromatic heterocycles. The highest BCUT2D eigenvalue weighted by Crippen LogP contribution is 1.99. The molecule has 0 rings (SSSR count). The third-order valence-electron chi connectivity index (χ3n) is 2.94. The van der Waals surface area contributed by atoms with Gasteiger partial charge < -0.3 is 20.8 Å². The highest BCUT2D eigenvalue weighted by atomic mass is 16.4. The van der Waals surface area contributed by atoms with Crippen LogP contribution in [0.5, 0.6) is 0 Å². The van der Waals surface area contributed by atoms with Gasteiger partial charge in [-0.05, 0) is 32.1 Å². The summed E-state index contributed by atoms with van der Waals surface area (Å²) >= 11 is 0. The number of aliphatic carboxylic acids is 1. The zero-order valence-electron chi connectivity index (χ0n) is 12.8. The van der Waals surface area contributed by atoms with E-state index in [0.29, 0.717) is 25.9 Å². The summed E-state index contributed by atoms with van der Waals surface area (Å²) in [4.78, 5) is 22.0. The molecule has 0 atom stereocenters. The van der Waals surface area contributed by atoms with Crippen LogP contribution in [0.2, 0.25) is 0 Å². The van der Waals surface area contributed by atoms with E-state index in [1.165, 1.54) is 6.20 Å². The average molecular weight is 311 g/mol. The van der Waals surface area contributed by atoms with Gasteiger partial charge in [-0.2, -0.15) is 5.26 Å². The molecule has 7 heteroatoms. The van der Waals surface area contributed by atoms with Gasteiger partial charge in [-0.1, -0.05) is 6.42 Å². The van der Waals surface area contributed by atoms with E-state index >= 15 is 0 Å². The maximum atomic E-state index is 11.7. The Labute approximate surface area is 131 Å². The number of rotatable bonds is 13. The lowest BCUT2D eigenvalue weighted by Crippen LogP contribution is -2.26. The zero-order chi connectivity index (χ0) is 16.6. The average Bonchev–Trinajstić information content (AvgIpc) is 2.49. The maximum absolute atomic E-state index is 11.7. The minimum atomic E-state index is -0.816. The second kappa shape index (κ2) is 13.9. The van der Waals surface area contributed by atoms with Crippen molar-refractivity contribution < 1.29 is 19.8 Å². The number of carbonyl (C=O) groups excluding carboxylic acids is 1. The quantitative estimate of drug-likeness (QED) is 0.228. The van der Waals surface area contributed by atoms with Crippen molar-refractivity contribution >= 4 is 11.9 Å². The Kier molecular flexibility index (Phi) is 12.6. The molecule has 0 aliphatic carbocycles. The molecule has 0 bridgehead atoms. The first kappa shape index (κ1) is 19.9. The molecule has 0 saturated carbocycles. The molecule has 1 amide bonds. The number of carbonyl (C=O) groups is 2. The Morgan fingerprint density at radius 2 is 1.73 bits per heavy atom. The largest absolute Gasteiger partial charge is 0.481 e. The number of carboxylic acid groups (broad SMARTS) is 1. The van der Waals surface area contributed by atoms with Crippen LogP contribution in [0.3, 0.4) is 0 Å². The van der Waals surface area contributed by atoms with Crippen LogP contribution in [0.4, 0.5) is 0 Å². The van der Waals surface area contributed by atoms with Crippen molar-refractivity contribution in [3.05, 3.63) is 11.8 Å². The lowest BCUT2D eigenvalue weighted by molar-refractivity contribution is -0.137. The van der Waals surface area contributed by atoms with Gasteiger partial charge in [0.25, 0.3) is 5.91 Å². The number of aliphatic hydroxyl groups excluding tert-OH is 1. The van der Waals surface area contributed by atoms with E-state index < -0.39 is 11.9 Å². The van der Waals surface area contributed by atoms with Crippen LogP contribution in [-0.4, -0.2) is 41.8 Å². The van der Waals surface area contributed by atoms with Crippen molar-refractivity contribution in [2.24, 2.45) is 0 Å². The molecule has 124 valence electrons. The zero-order valence-corrected chi connectivity index (χ0v) is 12.8. The number of nitrogens with zero attached hydrogens (tertiary/aromatic N) is 1. The molecule has 0 aromatic carbocycles. The van der Waals surface area contributed by atoms with Crippen LogP contribution in [0, 0.1) is 11.3 Å². The molecule has 0 spiro atoms. The highest BCUT2D eigenvalue weighted by Gasteiger charge is 2.07. The smallest absolute Gasteiger partial charge is 0.303 e. The molecular weight excluding hydrogens is 286 g/mol. The number of nitrogens with one attached hydrogen (secondary N) is 2. The van der Waals surface area contributed by atoms with Gasteiger partial charge in [-0.3, -0.25) is 9.59 Å². The second-order valence-electron chi connectivity index (χ2n) is 4.87. The summed E-state index contributed by atoms with van der Waals surface area (Å²) in [5.41, 5.74) is 0.0210. The lowest BCUT2D eigenvalue weighted by atomic mass is 10.2. The van der Waals surface area contributed by atoms with Crippen LogP contribution < -0.4 is 10.6 Å². The van der Waals surface area contributed by atoms with Crippen LogP contribution in [0.15, 0.2) is 11.8 Å². The van der Waals surface area contributed by atoms with Crippen molar-refractivity contribution in [2.75, 3.05) is 19.7 Å². The molecule has 0 fully saturated rings. The number of hydrogen-bond donors (Lipinski definition) is 4. The fourth-order valence-electron chi connectivity index (χ4n) is 1.71. The van der Waals surface area contributed by atoms with Crippen molar-refractivity contribution in [1.82, 2.24) is 10.6 Å². The maximum Gasteiger partial charge on any atom is 0.303 e. The molecule has 0 aliphatic heterocycles. The predicted molar refractivity (Wildman–Crippen MR) is 81.7 cm³/mol. The molecule has 0 saturated heterocycles. The van der Waals surface area contributed by atoms with Crippen LogP contribution in [0.25, 0.3) is 0 Å². The first-order valence-electron chi connectivity index (χ1n) is 7.56. The Bertz CT molecular complexity index is 402. The minimum absolute atomic E-state index is 0.0210. The Morgan fingerprint density at radius 1 is 1.05 bits per heavy atom. The van der Waals surface area contributed by atoms with E-state index in [2.05, 4.69) is 10.6 Å². The summed E-state index contributed by atoms with van der Waals surface area (Å²) in [5, 5.41) is 31.6. The van der Waals surface area contributed by atoms with Gasteiger partial charge in [0, 0.05) is 32.3 Å². The van der Waals surface area contributed by atoms with Crippen molar-refractivity contribution in [1.29, 1.82) is 5.26 Å². The fourth-order valence-corrected chi connectivity index (χ4v) is 1.71. The summed E-state index contributed by atoms with van der Waals surface area (Å²) in [6, 6.07) is 1.84. The Hall–Kier alpha value is -2.07. The van der Waals surface area contributed by atoms with Crippen molar-refractivity contribution in [2.45, 2.75) is 44.9 Å². The van der Waals surface area contributed by atoms with Crippen LogP contribution in [-0.2, 0) is 9.59 Å². The first-order valence-corrected chi connectivity index (χ1v) is 7.56. The molecule has 0 radical (unpaired) electrons. The van der Waals surface area contributed by atoms with Gasteiger partial charge in [0.2, 0.25) is 0 Å². The van der Waals surface area contributed by atoms with Gasteiger partial charge in [-0.25, -0.2) is 0 Å². The van der Waals surface area contributed by atoms with E-state index in [-0.39, 0.29) is 18.6 Å². The SMILES string of the molecule is N#C/C(=C/NCCCCCO)C(=O)NCCCCCC(=O)O. The van der Waals surface area contributed by atoms with Crippen LogP contribution >= 0.6 is 0 Å². The number of unbranched alkanes of at least 4 members (excludes halogenated alkanes) is 4. The first-order chi connectivity index (χ1) is 10.6. The summed E-state index contributed by atoms with van der Waals surface area (Å²) in [6.07, 6.45) is 6.03.